The summed E-state index contributed by atoms with van der Waals surface area (Å²) >= 11 is 1.41. The fourth-order valence-corrected chi connectivity index (χ4v) is 1.94. The predicted octanol–water partition coefficient (Wildman–Crippen LogP) is 2.00. The van der Waals surface area contributed by atoms with E-state index in [0.717, 1.165) is 12.2 Å². The molecule has 0 aliphatic heterocycles. The highest BCUT2D eigenvalue weighted by molar-refractivity contribution is 8.00. The number of hydrogen-bond donors (Lipinski definition) is 1. The van der Waals surface area contributed by atoms with Gasteiger partial charge in [0.2, 0.25) is 0 Å². The number of carboxylic acid groups (broad SMARTS) is 1. The molecule has 4 nitrogen and oxygen atoms in total. The summed E-state index contributed by atoms with van der Waals surface area (Å²) in [5, 5.41) is 8.95. The van der Waals surface area contributed by atoms with E-state index < -0.39 is 10.7 Å². The molecule has 0 saturated heterocycles. The first-order valence-electron chi connectivity index (χ1n) is 4.83. The molecule has 1 heterocycles. The summed E-state index contributed by atoms with van der Waals surface area (Å²) in [5.41, 5.74) is 1.07. The van der Waals surface area contributed by atoms with Gasteiger partial charge in [-0.15, -0.1) is 11.8 Å². The van der Waals surface area contributed by atoms with Gasteiger partial charge in [0.25, 0.3) is 0 Å². The van der Waals surface area contributed by atoms with E-state index in [1.165, 1.54) is 11.8 Å². The fourth-order valence-electron chi connectivity index (χ4n) is 1.07. The molecule has 1 aromatic heterocycles. The molecule has 1 aromatic rings. The highest BCUT2D eigenvalue weighted by atomic mass is 32.2. The van der Waals surface area contributed by atoms with Crippen LogP contribution in [-0.4, -0.2) is 25.4 Å². The highest BCUT2D eigenvalue weighted by Gasteiger charge is 2.27. The maximum absolute atomic E-state index is 10.9. The van der Waals surface area contributed by atoms with Crippen LogP contribution in [0.1, 0.15) is 26.5 Å². The summed E-state index contributed by atoms with van der Waals surface area (Å²) in [5.74, 6) is -0.109. The van der Waals surface area contributed by atoms with E-state index in [9.17, 15) is 4.79 Å². The van der Waals surface area contributed by atoms with Crippen molar-refractivity contribution >= 4 is 17.7 Å². The minimum Gasteiger partial charge on any atom is -0.480 e. The van der Waals surface area contributed by atoms with Crippen LogP contribution in [-0.2, 0) is 17.1 Å². The highest BCUT2D eigenvalue weighted by Crippen LogP contribution is 2.28. The Morgan fingerprint density at radius 3 is 2.87 bits per heavy atom. The molecule has 1 N–H and O–H groups in total. The van der Waals surface area contributed by atoms with Gasteiger partial charge in [-0.25, -0.2) is 4.98 Å². The lowest BCUT2D eigenvalue weighted by molar-refractivity contribution is -0.138. The van der Waals surface area contributed by atoms with E-state index in [-0.39, 0.29) is 0 Å². The van der Waals surface area contributed by atoms with Crippen LogP contribution in [0, 0.1) is 0 Å². The van der Waals surface area contributed by atoms with Gasteiger partial charge in [-0.05, 0) is 20.8 Å². The van der Waals surface area contributed by atoms with Crippen LogP contribution in [0.5, 0.6) is 0 Å². The summed E-state index contributed by atoms with van der Waals surface area (Å²) in [6.45, 7) is 6.33. The maximum atomic E-state index is 10.9. The lowest BCUT2D eigenvalue weighted by atomic mass is 10.2. The van der Waals surface area contributed by atoms with Crippen molar-refractivity contribution in [2.24, 2.45) is 0 Å². The molecule has 0 unspecified atom stereocenters. The van der Waals surface area contributed by atoms with Crippen molar-refractivity contribution in [2.75, 3.05) is 0 Å². The molecule has 5 heteroatoms. The quantitative estimate of drug-likeness (QED) is 0.837. The van der Waals surface area contributed by atoms with Crippen LogP contribution in [0.4, 0.5) is 0 Å². The van der Waals surface area contributed by atoms with Crippen LogP contribution >= 0.6 is 11.8 Å². The standard InChI is InChI=1S/C10H16N2O2S/c1-4-12-7-11-5-8(12)6-15-10(2,3)9(13)14/h5,7H,4,6H2,1-3H3,(H,13,14). The Morgan fingerprint density at radius 2 is 2.33 bits per heavy atom. The molecular formula is C10H16N2O2S. The Labute approximate surface area is 93.7 Å². The fraction of sp³-hybridized carbons (Fsp3) is 0.600. The second-order valence-corrected chi connectivity index (χ2v) is 5.37. The zero-order valence-corrected chi connectivity index (χ0v) is 10.0. The summed E-state index contributed by atoms with van der Waals surface area (Å²) in [6, 6.07) is 0. The summed E-state index contributed by atoms with van der Waals surface area (Å²) in [6.07, 6.45) is 3.55. The summed E-state index contributed by atoms with van der Waals surface area (Å²) < 4.78 is 1.27. The Bertz CT molecular complexity index is 347. The number of rotatable bonds is 5. The van der Waals surface area contributed by atoms with Crippen molar-refractivity contribution in [1.82, 2.24) is 9.55 Å². The van der Waals surface area contributed by atoms with Gasteiger partial charge in [-0.2, -0.15) is 0 Å². The van der Waals surface area contributed by atoms with Gasteiger partial charge in [-0.3, -0.25) is 4.79 Å². The average molecular weight is 228 g/mol. The van der Waals surface area contributed by atoms with E-state index in [4.69, 9.17) is 5.11 Å². The van der Waals surface area contributed by atoms with Gasteiger partial charge in [0.05, 0.1) is 6.33 Å². The van der Waals surface area contributed by atoms with Crippen LogP contribution in [0.2, 0.25) is 0 Å². The van der Waals surface area contributed by atoms with Gasteiger partial charge in [0.15, 0.2) is 0 Å². The zero-order chi connectivity index (χ0) is 11.5. The minimum atomic E-state index is -0.782. The maximum Gasteiger partial charge on any atom is 0.319 e. The Hall–Kier alpha value is -0.970. The number of hydrogen-bond acceptors (Lipinski definition) is 3. The van der Waals surface area contributed by atoms with Crippen LogP contribution in [0.15, 0.2) is 12.5 Å². The minimum absolute atomic E-state index is 0.674. The summed E-state index contributed by atoms with van der Waals surface area (Å²) in [7, 11) is 0. The molecule has 15 heavy (non-hydrogen) atoms. The third-order valence-electron chi connectivity index (χ3n) is 2.24. The number of carboxylic acids is 1. The topological polar surface area (TPSA) is 55.1 Å². The lowest BCUT2D eigenvalue weighted by Crippen LogP contribution is -2.27. The molecule has 0 spiro atoms. The van der Waals surface area contributed by atoms with Crippen molar-refractivity contribution < 1.29 is 9.90 Å². The van der Waals surface area contributed by atoms with Gasteiger partial charge < -0.3 is 9.67 Å². The van der Waals surface area contributed by atoms with Crippen molar-refractivity contribution in [1.29, 1.82) is 0 Å². The average Bonchev–Trinajstić information content (AvgIpc) is 2.61. The first-order valence-corrected chi connectivity index (χ1v) is 5.82. The molecule has 0 saturated carbocycles. The van der Waals surface area contributed by atoms with Crippen molar-refractivity contribution in [2.45, 2.75) is 37.8 Å². The first-order chi connectivity index (χ1) is 6.97. The van der Waals surface area contributed by atoms with Crippen LogP contribution < -0.4 is 0 Å². The van der Waals surface area contributed by atoms with Gasteiger partial charge in [-0.1, -0.05) is 0 Å². The van der Waals surface area contributed by atoms with Crippen molar-refractivity contribution in [3.8, 4) is 0 Å². The smallest absolute Gasteiger partial charge is 0.319 e. The SMILES string of the molecule is CCn1cncc1CSC(C)(C)C(=O)O. The first kappa shape index (κ1) is 12.1. The van der Waals surface area contributed by atoms with E-state index in [1.54, 1.807) is 26.4 Å². The van der Waals surface area contributed by atoms with Gasteiger partial charge in [0, 0.05) is 24.2 Å². The molecule has 0 aliphatic carbocycles. The molecule has 0 radical (unpaired) electrons. The van der Waals surface area contributed by atoms with E-state index in [0.29, 0.717) is 5.75 Å². The zero-order valence-electron chi connectivity index (χ0n) is 9.23. The molecule has 84 valence electrons. The van der Waals surface area contributed by atoms with Gasteiger partial charge in [0.1, 0.15) is 4.75 Å². The number of aliphatic carboxylic acids is 1. The number of aromatic nitrogens is 2. The second-order valence-electron chi connectivity index (χ2n) is 3.78. The van der Waals surface area contributed by atoms with Crippen molar-refractivity contribution in [3.63, 3.8) is 0 Å². The molecule has 0 amide bonds. The molecular weight excluding hydrogens is 212 g/mol. The Kier molecular flexibility index (Phi) is 3.79. The number of imidazole rings is 1. The number of nitrogens with zero attached hydrogens (tertiary/aromatic N) is 2. The third-order valence-corrected chi connectivity index (χ3v) is 3.57. The largest absolute Gasteiger partial charge is 0.480 e. The summed E-state index contributed by atoms with van der Waals surface area (Å²) in [4.78, 5) is 14.9. The number of thioether (sulfide) groups is 1. The normalized spacial score (nSPS) is 11.7. The van der Waals surface area contributed by atoms with Crippen molar-refractivity contribution in [3.05, 3.63) is 18.2 Å². The van der Waals surface area contributed by atoms with Crippen LogP contribution in [0.3, 0.4) is 0 Å². The monoisotopic (exact) mass is 228 g/mol. The number of aryl methyl sites for hydroxylation is 1. The molecule has 0 aliphatic rings. The van der Waals surface area contributed by atoms with E-state index in [1.807, 2.05) is 11.5 Å². The van der Waals surface area contributed by atoms with Crippen LogP contribution in [0.25, 0.3) is 0 Å². The van der Waals surface area contributed by atoms with Gasteiger partial charge >= 0.3 is 5.97 Å². The number of carbonyl (C=O) groups is 1. The molecule has 0 aromatic carbocycles. The molecule has 0 fully saturated rings. The van der Waals surface area contributed by atoms with E-state index >= 15 is 0 Å². The molecule has 0 bridgehead atoms. The molecule has 0 atom stereocenters. The Morgan fingerprint density at radius 1 is 1.67 bits per heavy atom. The third kappa shape index (κ3) is 2.99. The molecule has 1 rings (SSSR count). The van der Waals surface area contributed by atoms with E-state index in [2.05, 4.69) is 4.98 Å². The predicted molar refractivity (Wildman–Crippen MR) is 60.9 cm³/mol. The lowest BCUT2D eigenvalue weighted by Gasteiger charge is -2.18. The Balaban J connectivity index is 2.61. The second kappa shape index (κ2) is 4.70.